The molecule has 2 saturated heterocycles. The van der Waals surface area contributed by atoms with Crippen molar-refractivity contribution >= 4 is 23.7 Å². The van der Waals surface area contributed by atoms with Gasteiger partial charge in [-0.3, -0.25) is 10.2 Å². The Balaban J connectivity index is 1.73. The minimum atomic E-state index is -1.14. The normalized spacial score (nSPS) is 28.7. The van der Waals surface area contributed by atoms with Crippen molar-refractivity contribution in [3.05, 3.63) is 11.3 Å². The molecule has 10 heteroatoms. The highest BCUT2D eigenvalue weighted by Crippen LogP contribution is 2.47. The third-order valence-electron chi connectivity index (χ3n) is 5.46. The lowest BCUT2D eigenvalue weighted by Crippen LogP contribution is -2.61. The molecule has 0 aromatic heterocycles. The summed E-state index contributed by atoms with van der Waals surface area (Å²) in [5, 5.41) is 29.8. The maximum atomic E-state index is 12.3. The second-order valence-electron chi connectivity index (χ2n) is 7.02. The molecule has 0 aromatic rings. The average molecular weight is 365 g/mol. The average Bonchev–Trinajstić information content (AvgIpc) is 3.14. The van der Waals surface area contributed by atoms with Crippen molar-refractivity contribution in [2.45, 2.75) is 31.9 Å². The van der Waals surface area contributed by atoms with E-state index in [0.717, 1.165) is 0 Å². The number of amidine groups is 1. The maximum Gasteiger partial charge on any atom is 0.352 e. The van der Waals surface area contributed by atoms with Crippen LogP contribution in [0.3, 0.4) is 0 Å². The molecule has 3 aliphatic rings. The minimum Gasteiger partial charge on any atom is -0.477 e. The smallest absolute Gasteiger partial charge is 0.352 e. The zero-order chi connectivity index (χ0) is 19.2. The van der Waals surface area contributed by atoms with Crippen molar-refractivity contribution in [1.82, 2.24) is 15.1 Å². The topological polar surface area (TPSA) is 160 Å². The van der Waals surface area contributed by atoms with Crippen LogP contribution in [0, 0.1) is 17.2 Å². The van der Waals surface area contributed by atoms with Gasteiger partial charge in [0, 0.05) is 19.0 Å². The van der Waals surface area contributed by atoms with Gasteiger partial charge in [0.1, 0.15) is 11.5 Å². The van der Waals surface area contributed by atoms with E-state index in [4.69, 9.17) is 11.1 Å². The number of carboxylic acids is 1. The fraction of sp³-hybridized carbons (Fsp3) is 0.625. The number of β-lactam (4-membered cyclic amide) rings is 1. The molecule has 0 unspecified atom stereocenters. The summed E-state index contributed by atoms with van der Waals surface area (Å²) in [5.74, 6) is -1.90. The molecule has 0 aromatic carbocycles. The van der Waals surface area contributed by atoms with Gasteiger partial charge >= 0.3 is 12.0 Å². The second-order valence-corrected chi connectivity index (χ2v) is 7.02. The Labute approximate surface area is 150 Å². The van der Waals surface area contributed by atoms with Crippen molar-refractivity contribution < 1.29 is 24.6 Å². The number of carbonyl (C=O) groups excluding carboxylic acids is 2. The predicted molar refractivity (Wildman–Crippen MR) is 90.1 cm³/mol. The van der Waals surface area contributed by atoms with Crippen LogP contribution in [0.25, 0.3) is 0 Å². The van der Waals surface area contributed by atoms with Crippen LogP contribution in [0.15, 0.2) is 11.3 Å². The van der Waals surface area contributed by atoms with Gasteiger partial charge < -0.3 is 31.1 Å². The van der Waals surface area contributed by atoms with Crippen LogP contribution in [-0.4, -0.2) is 75.5 Å². The highest BCUT2D eigenvalue weighted by atomic mass is 16.4. The fourth-order valence-corrected chi connectivity index (χ4v) is 4.24. The third-order valence-corrected chi connectivity index (χ3v) is 5.46. The van der Waals surface area contributed by atoms with Crippen molar-refractivity contribution in [1.29, 1.82) is 5.41 Å². The van der Waals surface area contributed by atoms with E-state index in [2.05, 4.69) is 5.32 Å². The molecule has 26 heavy (non-hydrogen) atoms. The molecule has 3 amide bonds. The standard InChI is InChI=1S/C16H23N5O5/c1-7(22)12-10-4-9(13(15(24)25)21(10)14(12)23)8-2-3-20(6-8)11(17)5-19-16(18)26/h7-8,10,12,17,22H,2-6H2,1H3,(H,24,25)(H3,18,19,26)/t7-,8-,10-,12-/m1/s1. The number of fused-ring (bicyclic) bond motifs is 1. The first-order chi connectivity index (χ1) is 12.2. The molecule has 0 spiro atoms. The summed E-state index contributed by atoms with van der Waals surface area (Å²) in [6.45, 7) is 2.59. The van der Waals surface area contributed by atoms with E-state index in [1.165, 1.54) is 4.90 Å². The number of urea groups is 1. The quantitative estimate of drug-likeness (QED) is 0.236. The molecule has 142 valence electrons. The third kappa shape index (κ3) is 2.90. The number of nitrogens with zero attached hydrogens (tertiary/aromatic N) is 2. The number of nitrogens with one attached hydrogen (secondary N) is 2. The Morgan fingerprint density at radius 2 is 2.15 bits per heavy atom. The van der Waals surface area contributed by atoms with Gasteiger partial charge in [-0.15, -0.1) is 0 Å². The first kappa shape index (κ1) is 18.2. The van der Waals surface area contributed by atoms with Crippen molar-refractivity contribution in [2.24, 2.45) is 17.6 Å². The summed E-state index contributed by atoms with van der Waals surface area (Å²) in [6.07, 6.45) is 0.291. The van der Waals surface area contributed by atoms with Gasteiger partial charge in [0.05, 0.1) is 24.6 Å². The molecule has 4 atom stereocenters. The van der Waals surface area contributed by atoms with E-state index < -0.39 is 24.0 Å². The molecule has 0 radical (unpaired) electrons. The zero-order valence-electron chi connectivity index (χ0n) is 14.4. The Morgan fingerprint density at radius 1 is 1.46 bits per heavy atom. The Morgan fingerprint density at radius 3 is 2.73 bits per heavy atom. The predicted octanol–water partition coefficient (Wildman–Crippen LogP) is -1.10. The van der Waals surface area contributed by atoms with Gasteiger partial charge in [-0.1, -0.05) is 0 Å². The molecule has 0 aliphatic carbocycles. The van der Waals surface area contributed by atoms with Crippen LogP contribution >= 0.6 is 0 Å². The van der Waals surface area contributed by atoms with Crippen LogP contribution in [-0.2, 0) is 9.59 Å². The number of primary amides is 1. The lowest BCUT2D eigenvalue weighted by Gasteiger charge is -2.44. The number of aliphatic hydroxyl groups is 1. The monoisotopic (exact) mass is 365 g/mol. The van der Waals surface area contributed by atoms with Crippen molar-refractivity contribution in [3.8, 4) is 0 Å². The molecule has 2 fully saturated rings. The van der Waals surface area contributed by atoms with Crippen molar-refractivity contribution in [3.63, 3.8) is 0 Å². The summed E-state index contributed by atoms with van der Waals surface area (Å²) in [7, 11) is 0. The summed E-state index contributed by atoms with van der Waals surface area (Å²) in [5.41, 5.74) is 5.75. The van der Waals surface area contributed by atoms with E-state index in [9.17, 15) is 24.6 Å². The molecule has 0 bridgehead atoms. The number of carbonyl (C=O) groups is 3. The second kappa shape index (κ2) is 6.60. The molecular weight excluding hydrogens is 342 g/mol. The number of nitrogens with two attached hydrogens (primary N) is 1. The van der Waals surface area contributed by atoms with E-state index in [-0.39, 0.29) is 35.9 Å². The number of likely N-dealkylation sites (tertiary alicyclic amines) is 1. The summed E-state index contributed by atoms with van der Waals surface area (Å²) < 4.78 is 0. The highest BCUT2D eigenvalue weighted by molar-refractivity contribution is 5.99. The maximum absolute atomic E-state index is 12.3. The summed E-state index contributed by atoms with van der Waals surface area (Å²) >= 11 is 0. The number of hydrogen-bond acceptors (Lipinski definition) is 5. The number of aliphatic carboxylic acids is 1. The Bertz CT molecular complexity index is 703. The summed E-state index contributed by atoms with van der Waals surface area (Å²) in [6, 6.07) is -1.00. The van der Waals surface area contributed by atoms with Crippen LogP contribution < -0.4 is 11.1 Å². The number of carboxylic acid groups (broad SMARTS) is 1. The molecule has 10 nitrogen and oxygen atoms in total. The molecule has 3 heterocycles. The lowest BCUT2D eigenvalue weighted by molar-refractivity contribution is -0.161. The molecular formula is C16H23N5O5. The number of rotatable bonds is 5. The molecule has 3 rings (SSSR count). The first-order valence-electron chi connectivity index (χ1n) is 8.55. The van der Waals surface area contributed by atoms with Gasteiger partial charge in [-0.2, -0.15) is 0 Å². The minimum absolute atomic E-state index is 0.0181. The fourth-order valence-electron chi connectivity index (χ4n) is 4.24. The number of hydrogen-bond donors (Lipinski definition) is 5. The number of amides is 3. The van der Waals surface area contributed by atoms with Gasteiger partial charge in [-0.25, -0.2) is 9.59 Å². The highest BCUT2D eigenvalue weighted by Gasteiger charge is 2.57. The Hall–Kier alpha value is -2.62. The molecule has 6 N–H and O–H groups in total. The van der Waals surface area contributed by atoms with Gasteiger partial charge in [0.15, 0.2) is 0 Å². The van der Waals surface area contributed by atoms with Crippen molar-refractivity contribution in [2.75, 3.05) is 19.6 Å². The van der Waals surface area contributed by atoms with Gasteiger partial charge in [0.25, 0.3) is 0 Å². The first-order valence-corrected chi connectivity index (χ1v) is 8.55. The molecule has 3 aliphatic heterocycles. The van der Waals surface area contributed by atoms with E-state index in [0.29, 0.717) is 31.5 Å². The van der Waals surface area contributed by atoms with Gasteiger partial charge in [0.2, 0.25) is 5.91 Å². The van der Waals surface area contributed by atoms with Crippen LogP contribution in [0.2, 0.25) is 0 Å². The van der Waals surface area contributed by atoms with Crippen LogP contribution in [0.5, 0.6) is 0 Å². The molecule has 0 saturated carbocycles. The van der Waals surface area contributed by atoms with Crippen LogP contribution in [0.1, 0.15) is 19.8 Å². The van der Waals surface area contributed by atoms with E-state index in [1.807, 2.05) is 0 Å². The SMILES string of the molecule is C[C@@H](O)[C@H]1C(=O)N2C(C(=O)O)=C([C@@H]3CCN(C(=N)CNC(N)=O)C3)C[C@H]12. The largest absolute Gasteiger partial charge is 0.477 e. The number of aliphatic hydroxyl groups excluding tert-OH is 1. The summed E-state index contributed by atoms with van der Waals surface area (Å²) in [4.78, 5) is 37.8. The zero-order valence-corrected chi connectivity index (χ0v) is 14.4. The van der Waals surface area contributed by atoms with E-state index in [1.54, 1.807) is 11.8 Å². The lowest BCUT2D eigenvalue weighted by atomic mass is 9.82. The van der Waals surface area contributed by atoms with Crippen LogP contribution in [0.4, 0.5) is 4.79 Å². The van der Waals surface area contributed by atoms with E-state index >= 15 is 0 Å². The van der Waals surface area contributed by atoms with Gasteiger partial charge in [-0.05, 0) is 25.3 Å². The Kier molecular flexibility index (Phi) is 4.61.